The minimum Gasteiger partial charge on any atom is -0.494 e. The van der Waals surface area contributed by atoms with E-state index in [2.05, 4.69) is 27.6 Å². The molecule has 1 N–H and O–H groups in total. The predicted molar refractivity (Wildman–Crippen MR) is 116 cm³/mol. The first-order chi connectivity index (χ1) is 14.1. The molecule has 0 atom stereocenters. The van der Waals surface area contributed by atoms with Crippen LogP contribution in [-0.2, 0) is 11.2 Å². The summed E-state index contributed by atoms with van der Waals surface area (Å²) in [6.07, 6.45) is 0.653. The molecule has 0 unspecified atom stereocenters. The second kappa shape index (κ2) is 10.1. The van der Waals surface area contributed by atoms with Crippen LogP contribution in [0, 0.1) is 0 Å². The molecule has 0 spiro atoms. The van der Waals surface area contributed by atoms with Gasteiger partial charge in [0.15, 0.2) is 5.16 Å². The number of rotatable bonds is 9. The molecule has 0 aliphatic carbocycles. The standard InChI is InChI=1S/C22H26N4O2S/c1-4-28-19-12-10-18(11-13-19)26-20(14-17-8-6-5-7-9-17)24-25-22(26)29-15-21(27)23-16(2)3/h5-13,16H,4,14-15H2,1-3H3,(H,23,27). The van der Waals surface area contributed by atoms with E-state index in [9.17, 15) is 4.79 Å². The van der Waals surface area contributed by atoms with Crippen molar-refractivity contribution in [1.82, 2.24) is 20.1 Å². The zero-order valence-corrected chi connectivity index (χ0v) is 17.8. The van der Waals surface area contributed by atoms with Crippen molar-refractivity contribution in [1.29, 1.82) is 0 Å². The number of nitrogens with one attached hydrogen (secondary N) is 1. The molecule has 2 aromatic carbocycles. The minimum atomic E-state index is -0.0177. The maximum absolute atomic E-state index is 12.1. The molecule has 1 aromatic heterocycles. The largest absolute Gasteiger partial charge is 0.494 e. The highest BCUT2D eigenvalue weighted by Crippen LogP contribution is 2.25. The average Bonchev–Trinajstić information content (AvgIpc) is 3.10. The molecule has 152 valence electrons. The second-order valence-electron chi connectivity index (χ2n) is 6.83. The maximum atomic E-state index is 12.1. The Morgan fingerprint density at radius 2 is 1.83 bits per heavy atom. The Balaban J connectivity index is 1.88. The molecule has 29 heavy (non-hydrogen) atoms. The summed E-state index contributed by atoms with van der Waals surface area (Å²) in [4.78, 5) is 12.1. The topological polar surface area (TPSA) is 69.0 Å². The van der Waals surface area contributed by atoms with Crippen LogP contribution in [0.1, 0.15) is 32.2 Å². The molecule has 3 aromatic rings. The normalized spacial score (nSPS) is 10.9. The maximum Gasteiger partial charge on any atom is 0.230 e. The number of ether oxygens (including phenoxy) is 1. The average molecular weight is 411 g/mol. The summed E-state index contributed by atoms with van der Waals surface area (Å²) in [7, 11) is 0. The Bertz CT molecular complexity index is 924. The minimum absolute atomic E-state index is 0.0177. The highest BCUT2D eigenvalue weighted by Gasteiger charge is 2.16. The molecular formula is C22H26N4O2S. The summed E-state index contributed by atoms with van der Waals surface area (Å²) >= 11 is 1.38. The van der Waals surface area contributed by atoms with Gasteiger partial charge in [0.05, 0.1) is 12.4 Å². The van der Waals surface area contributed by atoms with Gasteiger partial charge in [0.2, 0.25) is 5.91 Å². The molecule has 6 nitrogen and oxygen atoms in total. The first-order valence-corrected chi connectivity index (χ1v) is 10.7. The molecule has 0 saturated carbocycles. The van der Waals surface area contributed by atoms with Crippen LogP contribution in [-0.4, -0.2) is 39.1 Å². The number of amides is 1. The molecule has 1 amide bonds. The van der Waals surface area contributed by atoms with Crippen molar-refractivity contribution in [2.24, 2.45) is 0 Å². The van der Waals surface area contributed by atoms with Crippen molar-refractivity contribution in [2.45, 2.75) is 38.4 Å². The zero-order valence-electron chi connectivity index (χ0n) is 17.0. The van der Waals surface area contributed by atoms with Crippen molar-refractivity contribution in [3.8, 4) is 11.4 Å². The monoisotopic (exact) mass is 410 g/mol. The van der Waals surface area contributed by atoms with Gasteiger partial charge in [-0.2, -0.15) is 0 Å². The SMILES string of the molecule is CCOc1ccc(-n2c(Cc3ccccc3)nnc2SCC(=O)NC(C)C)cc1. The van der Waals surface area contributed by atoms with E-state index >= 15 is 0 Å². The van der Waals surface area contributed by atoms with Gasteiger partial charge in [-0.1, -0.05) is 42.1 Å². The smallest absolute Gasteiger partial charge is 0.230 e. The molecule has 0 bridgehead atoms. The summed E-state index contributed by atoms with van der Waals surface area (Å²) in [6.45, 7) is 6.48. The van der Waals surface area contributed by atoms with E-state index in [0.29, 0.717) is 23.9 Å². The Morgan fingerprint density at radius 3 is 2.48 bits per heavy atom. The number of carbonyl (C=O) groups is 1. The van der Waals surface area contributed by atoms with Crippen LogP contribution in [0.3, 0.4) is 0 Å². The Morgan fingerprint density at radius 1 is 1.10 bits per heavy atom. The van der Waals surface area contributed by atoms with Crippen LogP contribution < -0.4 is 10.1 Å². The van der Waals surface area contributed by atoms with Crippen molar-refractivity contribution >= 4 is 17.7 Å². The third kappa shape index (κ3) is 5.84. The van der Waals surface area contributed by atoms with E-state index in [1.807, 2.05) is 67.8 Å². The molecule has 0 radical (unpaired) electrons. The number of aromatic nitrogens is 3. The van der Waals surface area contributed by atoms with Gasteiger partial charge >= 0.3 is 0 Å². The summed E-state index contributed by atoms with van der Waals surface area (Å²) in [5, 5.41) is 12.4. The predicted octanol–water partition coefficient (Wildman–Crippen LogP) is 3.87. The van der Waals surface area contributed by atoms with Crippen LogP contribution in [0.15, 0.2) is 59.8 Å². The number of hydrogen-bond acceptors (Lipinski definition) is 5. The summed E-state index contributed by atoms with van der Waals surface area (Å²) in [6, 6.07) is 18.1. The van der Waals surface area contributed by atoms with Gasteiger partial charge in [-0.3, -0.25) is 9.36 Å². The lowest BCUT2D eigenvalue weighted by Gasteiger charge is -2.12. The first kappa shape index (κ1) is 20.9. The molecule has 0 aliphatic rings. The van der Waals surface area contributed by atoms with E-state index < -0.39 is 0 Å². The van der Waals surface area contributed by atoms with E-state index in [0.717, 1.165) is 22.8 Å². The van der Waals surface area contributed by atoms with Gasteiger partial charge in [-0.15, -0.1) is 10.2 Å². The Kier molecular flexibility index (Phi) is 7.30. The fourth-order valence-corrected chi connectivity index (χ4v) is 3.68. The molecule has 1 heterocycles. The third-order valence-electron chi connectivity index (χ3n) is 4.09. The highest BCUT2D eigenvalue weighted by atomic mass is 32.2. The molecule has 0 fully saturated rings. The summed E-state index contributed by atoms with van der Waals surface area (Å²) in [5.74, 6) is 1.92. The van der Waals surface area contributed by atoms with Crippen LogP contribution in [0.25, 0.3) is 5.69 Å². The van der Waals surface area contributed by atoms with Crippen LogP contribution in [0.4, 0.5) is 0 Å². The number of nitrogens with zero attached hydrogens (tertiary/aromatic N) is 3. The fraction of sp³-hybridized carbons (Fsp3) is 0.318. The lowest BCUT2D eigenvalue weighted by atomic mass is 10.1. The van der Waals surface area contributed by atoms with E-state index in [-0.39, 0.29) is 11.9 Å². The number of hydrogen-bond donors (Lipinski definition) is 1. The van der Waals surface area contributed by atoms with E-state index in [1.54, 1.807) is 0 Å². The number of carbonyl (C=O) groups excluding carboxylic acids is 1. The van der Waals surface area contributed by atoms with Crippen molar-refractivity contribution < 1.29 is 9.53 Å². The molecule has 7 heteroatoms. The Labute approximate surface area is 175 Å². The van der Waals surface area contributed by atoms with Gasteiger partial charge in [-0.25, -0.2) is 0 Å². The van der Waals surface area contributed by atoms with Gasteiger partial charge in [0.25, 0.3) is 0 Å². The third-order valence-corrected chi connectivity index (χ3v) is 5.02. The van der Waals surface area contributed by atoms with Gasteiger partial charge in [0.1, 0.15) is 11.6 Å². The second-order valence-corrected chi connectivity index (χ2v) is 7.78. The van der Waals surface area contributed by atoms with Crippen LogP contribution >= 0.6 is 11.8 Å². The molecule has 0 aliphatic heterocycles. The number of thioether (sulfide) groups is 1. The summed E-state index contributed by atoms with van der Waals surface area (Å²) in [5.41, 5.74) is 2.09. The summed E-state index contributed by atoms with van der Waals surface area (Å²) < 4.78 is 7.56. The highest BCUT2D eigenvalue weighted by molar-refractivity contribution is 7.99. The first-order valence-electron chi connectivity index (χ1n) is 9.70. The Hall–Kier alpha value is -2.80. The van der Waals surface area contributed by atoms with E-state index in [4.69, 9.17) is 4.74 Å². The zero-order chi connectivity index (χ0) is 20.6. The van der Waals surface area contributed by atoms with Crippen molar-refractivity contribution in [3.05, 3.63) is 66.0 Å². The lowest BCUT2D eigenvalue weighted by Crippen LogP contribution is -2.31. The fourth-order valence-electron chi connectivity index (χ4n) is 2.90. The number of benzene rings is 2. The quantitative estimate of drug-likeness (QED) is 0.542. The van der Waals surface area contributed by atoms with Gasteiger partial charge in [-0.05, 0) is 50.6 Å². The molecule has 3 rings (SSSR count). The van der Waals surface area contributed by atoms with Crippen LogP contribution in [0.5, 0.6) is 5.75 Å². The molecule has 0 saturated heterocycles. The van der Waals surface area contributed by atoms with E-state index in [1.165, 1.54) is 11.8 Å². The van der Waals surface area contributed by atoms with Crippen molar-refractivity contribution in [2.75, 3.05) is 12.4 Å². The van der Waals surface area contributed by atoms with Crippen molar-refractivity contribution in [3.63, 3.8) is 0 Å². The lowest BCUT2D eigenvalue weighted by molar-refractivity contribution is -0.119. The molecular weight excluding hydrogens is 384 g/mol. The van der Waals surface area contributed by atoms with Crippen LogP contribution in [0.2, 0.25) is 0 Å². The van der Waals surface area contributed by atoms with Gasteiger partial charge < -0.3 is 10.1 Å². The van der Waals surface area contributed by atoms with Gasteiger partial charge in [0, 0.05) is 18.2 Å².